The van der Waals surface area contributed by atoms with E-state index in [0.29, 0.717) is 23.1 Å². The predicted octanol–water partition coefficient (Wildman–Crippen LogP) is 4.34. The lowest BCUT2D eigenvalue weighted by molar-refractivity contribution is -0.137. The van der Waals surface area contributed by atoms with Crippen LogP contribution in [0.5, 0.6) is 0 Å². The highest BCUT2D eigenvalue weighted by Gasteiger charge is 2.37. The van der Waals surface area contributed by atoms with Crippen LogP contribution in [0.2, 0.25) is 0 Å². The van der Waals surface area contributed by atoms with Gasteiger partial charge >= 0.3 is 6.18 Å². The standard InChI is InChI=1S/C20H21F3N4O3S/c1-11-15(7-8-31(11,29)30)26-18-16-17(25-10-27(2)19(16)28)14(9-24-18)12-3-5-13(6-4-12)20(21,22)23/h3-6,9-11,15,29-30H,7-8H2,1-2H3,(H,24,26)/t11-,15+/m1/s1. The van der Waals surface area contributed by atoms with Gasteiger partial charge < -0.3 is 9.88 Å². The van der Waals surface area contributed by atoms with Crippen molar-refractivity contribution >= 4 is 27.3 Å². The SMILES string of the molecule is C[C@@H]1[C@@H](Nc2ncc(-c3ccc(C(F)(F)F)cc3)c3ncn(C)c(=O)c23)CCS1(O)O. The topological polar surface area (TPSA) is 100 Å². The average Bonchev–Trinajstić information content (AvgIpc) is 2.97. The molecular weight excluding hydrogens is 433 g/mol. The molecule has 1 fully saturated rings. The first-order chi connectivity index (χ1) is 14.5. The minimum Gasteiger partial charge on any atom is -0.365 e. The second-order valence-electron chi connectivity index (χ2n) is 7.65. The van der Waals surface area contributed by atoms with E-state index in [-0.39, 0.29) is 28.6 Å². The molecule has 1 aromatic carbocycles. The number of benzene rings is 1. The van der Waals surface area contributed by atoms with Crippen LogP contribution in [0.4, 0.5) is 19.0 Å². The van der Waals surface area contributed by atoms with E-state index < -0.39 is 27.6 Å². The van der Waals surface area contributed by atoms with Gasteiger partial charge in [0.15, 0.2) is 0 Å². The third-order valence-corrected chi connectivity index (χ3v) is 8.04. The van der Waals surface area contributed by atoms with E-state index in [2.05, 4.69) is 15.3 Å². The van der Waals surface area contributed by atoms with Gasteiger partial charge in [-0.3, -0.25) is 13.9 Å². The van der Waals surface area contributed by atoms with Gasteiger partial charge in [-0.05, 0) is 31.0 Å². The van der Waals surface area contributed by atoms with Gasteiger partial charge in [0.1, 0.15) is 11.2 Å². The summed E-state index contributed by atoms with van der Waals surface area (Å²) in [4.78, 5) is 21.6. The number of nitrogens with one attached hydrogen (secondary N) is 1. The number of hydrogen-bond donors (Lipinski definition) is 3. The Balaban J connectivity index is 1.81. The van der Waals surface area contributed by atoms with Crippen molar-refractivity contribution in [3.63, 3.8) is 0 Å². The van der Waals surface area contributed by atoms with Crippen molar-refractivity contribution in [2.24, 2.45) is 7.05 Å². The van der Waals surface area contributed by atoms with Crippen LogP contribution in [0.1, 0.15) is 18.9 Å². The molecule has 0 saturated carbocycles. The highest BCUT2D eigenvalue weighted by Crippen LogP contribution is 2.52. The van der Waals surface area contributed by atoms with Gasteiger partial charge in [-0.15, -0.1) is 0 Å². The number of aromatic nitrogens is 3. The first kappa shape index (κ1) is 21.6. The quantitative estimate of drug-likeness (QED) is 0.545. The van der Waals surface area contributed by atoms with Crippen molar-refractivity contribution in [3.8, 4) is 11.1 Å². The van der Waals surface area contributed by atoms with Crippen molar-refractivity contribution in [1.82, 2.24) is 14.5 Å². The van der Waals surface area contributed by atoms with Crippen molar-refractivity contribution in [2.45, 2.75) is 30.8 Å². The molecule has 11 heteroatoms. The van der Waals surface area contributed by atoms with E-state index >= 15 is 0 Å². The van der Waals surface area contributed by atoms with Gasteiger partial charge in [0, 0.05) is 30.6 Å². The molecule has 0 spiro atoms. The zero-order valence-electron chi connectivity index (χ0n) is 16.7. The number of alkyl halides is 3. The molecule has 4 rings (SSSR count). The zero-order valence-corrected chi connectivity index (χ0v) is 17.5. The molecular formula is C20H21F3N4O3S. The number of hydrogen-bond acceptors (Lipinski definition) is 6. The van der Waals surface area contributed by atoms with E-state index in [1.165, 1.54) is 36.3 Å². The van der Waals surface area contributed by atoms with Crippen LogP contribution in [-0.2, 0) is 13.2 Å². The predicted molar refractivity (Wildman–Crippen MR) is 114 cm³/mol. The van der Waals surface area contributed by atoms with Gasteiger partial charge in [-0.2, -0.15) is 23.8 Å². The molecule has 2 aromatic heterocycles. The fourth-order valence-corrected chi connectivity index (χ4v) is 5.42. The van der Waals surface area contributed by atoms with Gasteiger partial charge in [0.05, 0.1) is 22.7 Å². The molecule has 0 bridgehead atoms. The van der Waals surface area contributed by atoms with Crippen molar-refractivity contribution in [1.29, 1.82) is 0 Å². The minimum atomic E-state index is -4.45. The largest absolute Gasteiger partial charge is 0.416 e. The first-order valence-electron chi connectivity index (χ1n) is 9.52. The maximum Gasteiger partial charge on any atom is 0.416 e. The smallest absolute Gasteiger partial charge is 0.365 e. The summed E-state index contributed by atoms with van der Waals surface area (Å²) in [6.07, 6.45) is -1.14. The summed E-state index contributed by atoms with van der Waals surface area (Å²) in [6, 6.07) is 4.29. The molecule has 1 aliphatic heterocycles. The Morgan fingerprint density at radius 1 is 1.19 bits per heavy atom. The molecule has 7 nitrogen and oxygen atoms in total. The van der Waals surface area contributed by atoms with Gasteiger partial charge in [0.2, 0.25) is 0 Å². The molecule has 0 amide bonds. The monoisotopic (exact) mass is 454 g/mol. The Morgan fingerprint density at radius 3 is 2.45 bits per heavy atom. The zero-order chi connectivity index (χ0) is 22.6. The second-order valence-corrected chi connectivity index (χ2v) is 10.2. The van der Waals surface area contributed by atoms with Crippen LogP contribution in [0.25, 0.3) is 22.0 Å². The molecule has 3 N–H and O–H groups in total. The van der Waals surface area contributed by atoms with Crippen molar-refractivity contribution in [3.05, 3.63) is 52.7 Å². The third-order valence-electron chi connectivity index (χ3n) is 5.68. The summed E-state index contributed by atoms with van der Waals surface area (Å²) >= 11 is 0. The molecule has 0 radical (unpaired) electrons. The highest BCUT2D eigenvalue weighted by molar-refractivity contribution is 8.25. The molecule has 1 saturated heterocycles. The van der Waals surface area contributed by atoms with Gasteiger partial charge in [-0.1, -0.05) is 12.1 Å². The Kier molecular flexibility index (Phi) is 5.23. The Labute approximate surface area is 177 Å². The summed E-state index contributed by atoms with van der Waals surface area (Å²) in [6.45, 7) is 1.73. The highest BCUT2D eigenvalue weighted by atomic mass is 32.3. The van der Waals surface area contributed by atoms with E-state index in [4.69, 9.17) is 0 Å². The van der Waals surface area contributed by atoms with Crippen LogP contribution in [0.15, 0.2) is 41.6 Å². The van der Waals surface area contributed by atoms with Crippen LogP contribution < -0.4 is 10.9 Å². The summed E-state index contributed by atoms with van der Waals surface area (Å²) in [7, 11) is -1.17. The second kappa shape index (κ2) is 7.50. The maximum atomic E-state index is 12.9. The molecule has 2 atom stereocenters. The molecule has 0 aliphatic carbocycles. The molecule has 3 heterocycles. The summed E-state index contributed by atoms with van der Waals surface area (Å²) in [5, 5.41) is 2.93. The maximum absolute atomic E-state index is 12.9. The number of halogens is 3. The number of rotatable bonds is 3. The van der Waals surface area contributed by atoms with E-state index in [1.807, 2.05) is 0 Å². The fraction of sp³-hybridized carbons (Fsp3) is 0.350. The van der Waals surface area contributed by atoms with Crippen molar-refractivity contribution in [2.75, 3.05) is 11.1 Å². The summed E-state index contributed by atoms with van der Waals surface area (Å²) in [5.41, 5.74) is 0.0328. The minimum absolute atomic E-state index is 0.193. The molecule has 3 aromatic rings. The average molecular weight is 454 g/mol. The lowest BCUT2D eigenvalue weighted by Crippen LogP contribution is -2.30. The van der Waals surface area contributed by atoms with E-state index in [1.54, 1.807) is 6.92 Å². The van der Waals surface area contributed by atoms with Crippen LogP contribution in [0.3, 0.4) is 0 Å². The molecule has 0 unspecified atom stereocenters. The summed E-state index contributed by atoms with van der Waals surface area (Å²) in [5.74, 6) is 0.525. The molecule has 31 heavy (non-hydrogen) atoms. The Bertz CT molecular complexity index is 1200. The van der Waals surface area contributed by atoms with E-state index in [0.717, 1.165) is 12.1 Å². The normalized spacial score (nSPS) is 21.9. The Hall–Kier alpha value is -2.63. The number of aryl methyl sites for hydroxylation is 1. The van der Waals surface area contributed by atoms with Crippen LogP contribution in [-0.4, -0.2) is 40.7 Å². The van der Waals surface area contributed by atoms with E-state index in [9.17, 15) is 27.1 Å². The molecule has 166 valence electrons. The Morgan fingerprint density at radius 2 is 1.87 bits per heavy atom. The van der Waals surface area contributed by atoms with Crippen LogP contribution >= 0.6 is 10.6 Å². The number of nitrogens with zero attached hydrogens (tertiary/aromatic N) is 3. The summed E-state index contributed by atoms with van der Waals surface area (Å²) < 4.78 is 60.2. The first-order valence-corrected chi connectivity index (χ1v) is 11.3. The third kappa shape index (κ3) is 3.88. The van der Waals surface area contributed by atoms with Crippen molar-refractivity contribution < 1.29 is 22.3 Å². The number of anilines is 1. The van der Waals surface area contributed by atoms with Gasteiger partial charge in [-0.25, -0.2) is 9.97 Å². The number of pyridine rings is 1. The molecule has 1 aliphatic rings. The lowest BCUT2D eigenvalue weighted by Gasteiger charge is -2.33. The fourth-order valence-electron chi connectivity index (χ4n) is 3.72. The lowest BCUT2D eigenvalue weighted by atomic mass is 10.0. The number of fused-ring (bicyclic) bond motifs is 1. The van der Waals surface area contributed by atoms with Gasteiger partial charge in [0.25, 0.3) is 5.56 Å². The van der Waals surface area contributed by atoms with Crippen LogP contribution in [0, 0.1) is 0 Å².